The normalized spacial score (nSPS) is 10.4. The molecule has 0 aliphatic rings. The lowest BCUT2D eigenvalue weighted by Gasteiger charge is -2.09. The summed E-state index contributed by atoms with van der Waals surface area (Å²) in [6.45, 7) is 1.96. The van der Waals surface area contributed by atoms with Crippen LogP contribution in [0.3, 0.4) is 0 Å². The van der Waals surface area contributed by atoms with Crippen LogP contribution in [0.25, 0.3) is 0 Å². The van der Waals surface area contributed by atoms with Crippen molar-refractivity contribution in [1.29, 1.82) is 0 Å². The molecule has 0 aliphatic heterocycles. The first-order valence-electron chi connectivity index (χ1n) is 9.05. The highest BCUT2D eigenvalue weighted by Crippen LogP contribution is 2.26. The second kappa shape index (κ2) is 11.0. The molecule has 0 saturated heterocycles. The molecular weight excluding hydrogens is 504 g/mol. The van der Waals surface area contributed by atoms with E-state index < -0.39 is 5.97 Å². The molecule has 1 heterocycles. The van der Waals surface area contributed by atoms with Gasteiger partial charge < -0.3 is 10.1 Å². The number of esters is 1. The zero-order valence-electron chi connectivity index (χ0n) is 16.3. The molecule has 0 spiro atoms. The van der Waals surface area contributed by atoms with Gasteiger partial charge in [0.25, 0.3) is 5.91 Å². The number of carbonyl (C=O) groups is 3. The van der Waals surface area contributed by atoms with E-state index >= 15 is 0 Å². The number of thioether (sulfide) groups is 1. The first kappa shape index (κ1) is 22.9. The topological polar surface area (TPSA) is 110 Å². The van der Waals surface area contributed by atoms with Crippen LogP contribution in [0.1, 0.15) is 27.6 Å². The Morgan fingerprint density at radius 1 is 1.06 bits per heavy atom. The zero-order chi connectivity index (χ0) is 22.2. The number of nitrogens with zero attached hydrogens (tertiary/aromatic N) is 2. The van der Waals surface area contributed by atoms with Gasteiger partial charge in [-0.2, -0.15) is 0 Å². The number of anilines is 2. The molecule has 1 aromatic heterocycles. The van der Waals surface area contributed by atoms with Gasteiger partial charge in [-0.1, -0.05) is 51.2 Å². The maximum absolute atomic E-state index is 12.3. The predicted octanol–water partition coefficient (Wildman–Crippen LogP) is 4.46. The molecule has 31 heavy (non-hydrogen) atoms. The third-order valence-corrected chi connectivity index (χ3v) is 6.26. The Morgan fingerprint density at radius 2 is 1.81 bits per heavy atom. The first-order chi connectivity index (χ1) is 15.0. The highest BCUT2D eigenvalue weighted by molar-refractivity contribution is 9.10. The molecule has 3 aromatic rings. The monoisotopic (exact) mass is 520 g/mol. The molecule has 3 rings (SSSR count). The lowest BCUT2D eigenvalue weighted by molar-refractivity contribution is -0.113. The SMILES string of the molecule is CCOC(=O)c1ccccc1NC(=O)CSc1nnc(NC(=O)c2ccc(Br)cc2)s1. The molecule has 2 N–H and O–H groups in total. The van der Waals surface area contributed by atoms with Gasteiger partial charge in [0.05, 0.1) is 23.6 Å². The van der Waals surface area contributed by atoms with Crippen LogP contribution in [0.5, 0.6) is 0 Å². The minimum Gasteiger partial charge on any atom is -0.462 e. The van der Waals surface area contributed by atoms with Crippen LogP contribution in [0.4, 0.5) is 10.8 Å². The molecule has 0 fully saturated rings. The van der Waals surface area contributed by atoms with Crippen molar-refractivity contribution in [3.63, 3.8) is 0 Å². The van der Waals surface area contributed by atoms with Gasteiger partial charge in [0.15, 0.2) is 4.34 Å². The number of amides is 2. The summed E-state index contributed by atoms with van der Waals surface area (Å²) in [6, 6.07) is 13.6. The van der Waals surface area contributed by atoms with E-state index in [9.17, 15) is 14.4 Å². The number of nitrogens with one attached hydrogen (secondary N) is 2. The molecule has 2 aromatic carbocycles. The van der Waals surface area contributed by atoms with Crippen LogP contribution in [0.15, 0.2) is 57.3 Å². The Hall–Kier alpha value is -2.76. The predicted molar refractivity (Wildman–Crippen MR) is 124 cm³/mol. The molecule has 11 heteroatoms. The smallest absolute Gasteiger partial charge is 0.340 e. The van der Waals surface area contributed by atoms with Crippen molar-refractivity contribution >= 4 is 67.6 Å². The quantitative estimate of drug-likeness (QED) is 0.256. The van der Waals surface area contributed by atoms with Crippen LogP contribution in [-0.2, 0) is 9.53 Å². The summed E-state index contributed by atoms with van der Waals surface area (Å²) in [7, 11) is 0. The van der Waals surface area contributed by atoms with E-state index in [1.165, 1.54) is 23.1 Å². The molecule has 0 radical (unpaired) electrons. The summed E-state index contributed by atoms with van der Waals surface area (Å²) < 4.78 is 6.41. The molecular formula is C20H17BrN4O4S2. The van der Waals surface area contributed by atoms with Gasteiger partial charge in [0.1, 0.15) is 0 Å². The Kier molecular flexibility index (Phi) is 8.15. The summed E-state index contributed by atoms with van der Waals surface area (Å²) in [5.41, 5.74) is 1.16. The number of aromatic nitrogens is 2. The lowest BCUT2D eigenvalue weighted by atomic mass is 10.2. The van der Waals surface area contributed by atoms with Gasteiger partial charge >= 0.3 is 5.97 Å². The lowest BCUT2D eigenvalue weighted by Crippen LogP contribution is -2.17. The van der Waals surface area contributed by atoms with Gasteiger partial charge in [-0.3, -0.25) is 14.9 Å². The summed E-state index contributed by atoms with van der Waals surface area (Å²) in [5, 5.41) is 13.6. The number of halogens is 1. The average molecular weight is 521 g/mol. The zero-order valence-corrected chi connectivity index (χ0v) is 19.5. The van der Waals surface area contributed by atoms with Gasteiger partial charge in [-0.05, 0) is 43.3 Å². The van der Waals surface area contributed by atoms with E-state index in [0.717, 1.165) is 4.47 Å². The molecule has 0 bridgehead atoms. The van der Waals surface area contributed by atoms with Crippen LogP contribution in [0.2, 0.25) is 0 Å². The van der Waals surface area contributed by atoms with Gasteiger partial charge in [-0.25, -0.2) is 4.79 Å². The van der Waals surface area contributed by atoms with Crippen LogP contribution < -0.4 is 10.6 Å². The minimum atomic E-state index is -0.499. The largest absolute Gasteiger partial charge is 0.462 e. The molecule has 0 unspecified atom stereocenters. The number of para-hydroxylation sites is 1. The molecule has 160 valence electrons. The van der Waals surface area contributed by atoms with Crippen LogP contribution in [-0.4, -0.2) is 40.3 Å². The van der Waals surface area contributed by atoms with Crippen molar-refractivity contribution in [2.75, 3.05) is 23.0 Å². The third-order valence-electron chi connectivity index (χ3n) is 3.76. The Balaban J connectivity index is 1.54. The van der Waals surface area contributed by atoms with Crippen molar-refractivity contribution in [1.82, 2.24) is 10.2 Å². The van der Waals surface area contributed by atoms with Gasteiger partial charge in [0, 0.05) is 10.0 Å². The number of ether oxygens (including phenoxy) is 1. The number of hydrogen-bond acceptors (Lipinski definition) is 8. The minimum absolute atomic E-state index is 0.0620. The van der Waals surface area contributed by atoms with Crippen molar-refractivity contribution in [2.45, 2.75) is 11.3 Å². The van der Waals surface area contributed by atoms with Crippen LogP contribution >= 0.6 is 39.0 Å². The second-order valence-corrected chi connectivity index (χ2v) is 9.05. The fourth-order valence-corrected chi connectivity index (χ4v) is 4.19. The second-order valence-electron chi connectivity index (χ2n) is 5.94. The van der Waals surface area contributed by atoms with Crippen molar-refractivity contribution in [3.8, 4) is 0 Å². The Morgan fingerprint density at radius 3 is 2.55 bits per heavy atom. The summed E-state index contributed by atoms with van der Waals surface area (Å²) >= 11 is 5.67. The highest BCUT2D eigenvalue weighted by atomic mass is 79.9. The van der Waals surface area contributed by atoms with E-state index in [2.05, 4.69) is 36.8 Å². The van der Waals surface area contributed by atoms with Crippen molar-refractivity contribution in [2.24, 2.45) is 0 Å². The standard InChI is InChI=1S/C20H17BrN4O4S2/c1-2-29-18(28)14-5-3-4-6-15(14)22-16(26)11-30-20-25-24-19(31-20)23-17(27)12-7-9-13(21)10-8-12/h3-10H,2,11H2,1H3,(H,22,26)(H,23,24,27). The first-order valence-corrected chi connectivity index (χ1v) is 11.6. The van der Waals surface area contributed by atoms with E-state index in [0.29, 0.717) is 20.7 Å². The molecule has 8 nitrogen and oxygen atoms in total. The maximum atomic E-state index is 12.3. The number of hydrogen-bond donors (Lipinski definition) is 2. The Bertz CT molecular complexity index is 1090. The fourth-order valence-electron chi connectivity index (χ4n) is 2.38. The highest BCUT2D eigenvalue weighted by Gasteiger charge is 2.15. The summed E-state index contributed by atoms with van der Waals surface area (Å²) in [6.07, 6.45) is 0. The van der Waals surface area contributed by atoms with E-state index in [4.69, 9.17) is 4.74 Å². The molecule has 0 aliphatic carbocycles. The Labute approximate surface area is 194 Å². The van der Waals surface area contributed by atoms with Gasteiger partial charge in [0.2, 0.25) is 11.0 Å². The molecule has 0 atom stereocenters. The van der Waals surface area contributed by atoms with Crippen LogP contribution in [0, 0.1) is 0 Å². The number of rotatable bonds is 8. The van der Waals surface area contributed by atoms with Crippen molar-refractivity contribution < 1.29 is 19.1 Å². The maximum Gasteiger partial charge on any atom is 0.340 e. The van der Waals surface area contributed by atoms with E-state index in [-0.39, 0.29) is 29.7 Å². The van der Waals surface area contributed by atoms with E-state index in [1.54, 1.807) is 55.5 Å². The van der Waals surface area contributed by atoms with Gasteiger partial charge in [-0.15, -0.1) is 10.2 Å². The van der Waals surface area contributed by atoms with E-state index in [1.807, 2.05) is 0 Å². The number of benzene rings is 2. The molecule has 0 saturated carbocycles. The third kappa shape index (κ3) is 6.61. The van der Waals surface area contributed by atoms with Crippen molar-refractivity contribution in [3.05, 3.63) is 64.1 Å². The number of carbonyl (C=O) groups excluding carboxylic acids is 3. The summed E-state index contributed by atoms with van der Waals surface area (Å²) in [4.78, 5) is 36.6. The molecule has 2 amide bonds. The average Bonchev–Trinajstić information content (AvgIpc) is 3.20. The fraction of sp³-hybridized carbons (Fsp3) is 0.150. The summed E-state index contributed by atoms with van der Waals surface area (Å²) in [5.74, 6) is -1.04.